The van der Waals surface area contributed by atoms with Crippen molar-refractivity contribution in [3.05, 3.63) is 35.4 Å². The molecule has 1 aromatic rings. The van der Waals surface area contributed by atoms with Crippen LogP contribution >= 0.6 is 0 Å². The monoisotopic (exact) mass is 253 g/mol. The van der Waals surface area contributed by atoms with Gasteiger partial charge in [-0.15, -0.1) is 0 Å². The fraction of sp³-hybridized carbons (Fsp3) is 0.417. The third-order valence-corrected chi connectivity index (χ3v) is 4.30. The van der Waals surface area contributed by atoms with E-state index in [0.29, 0.717) is 5.75 Å². The quantitative estimate of drug-likeness (QED) is 0.819. The molecule has 0 aliphatic carbocycles. The maximum atomic E-state index is 11.6. The van der Waals surface area contributed by atoms with E-state index < -0.39 is 22.8 Å². The van der Waals surface area contributed by atoms with Crippen LogP contribution in [0.2, 0.25) is 0 Å². The van der Waals surface area contributed by atoms with Gasteiger partial charge in [0, 0.05) is 28.3 Å². The highest BCUT2D eigenvalue weighted by Gasteiger charge is 2.30. The zero-order chi connectivity index (χ0) is 12.4. The van der Waals surface area contributed by atoms with Crippen molar-refractivity contribution in [1.29, 1.82) is 0 Å². The van der Waals surface area contributed by atoms with Crippen LogP contribution in [0, 0.1) is 6.92 Å². The summed E-state index contributed by atoms with van der Waals surface area (Å²) in [6.45, 7) is 2.00. The summed E-state index contributed by atoms with van der Waals surface area (Å²) < 4.78 is 11.6. The van der Waals surface area contributed by atoms with Gasteiger partial charge >= 0.3 is 5.97 Å². The Balaban J connectivity index is 2.18. The van der Waals surface area contributed by atoms with Crippen LogP contribution in [0.3, 0.4) is 0 Å². The van der Waals surface area contributed by atoms with Gasteiger partial charge in [0.1, 0.15) is 6.04 Å². The van der Waals surface area contributed by atoms with Crippen LogP contribution in [0.1, 0.15) is 17.2 Å². The molecule has 5 heteroatoms. The first-order valence-electron chi connectivity index (χ1n) is 5.46. The van der Waals surface area contributed by atoms with Crippen molar-refractivity contribution < 1.29 is 14.1 Å². The molecule has 3 unspecified atom stereocenters. The second-order valence-electron chi connectivity index (χ2n) is 4.29. The summed E-state index contributed by atoms with van der Waals surface area (Å²) in [6.07, 6.45) is 0. The Bertz CT molecular complexity index is 444. The number of hydrogen-bond acceptors (Lipinski definition) is 3. The normalized spacial score (nSPS) is 28.9. The van der Waals surface area contributed by atoms with Crippen LogP contribution in [-0.4, -0.2) is 32.8 Å². The predicted molar refractivity (Wildman–Crippen MR) is 66.4 cm³/mol. The minimum Gasteiger partial charge on any atom is -0.480 e. The topological polar surface area (TPSA) is 66.4 Å². The molecule has 0 spiro atoms. The lowest BCUT2D eigenvalue weighted by molar-refractivity contribution is -0.139. The van der Waals surface area contributed by atoms with Gasteiger partial charge in [-0.2, -0.15) is 0 Å². The zero-order valence-corrected chi connectivity index (χ0v) is 10.4. The van der Waals surface area contributed by atoms with Crippen molar-refractivity contribution in [1.82, 2.24) is 5.32 Å². The third-order valence-electron chi connectivity index (χ3n) is 2.89. The summed E-state index contributed by atoms with van der Waals surface area (Å²) in [4.78, 5) is 10.9. The van der Waals surface area contributed by atoms with E-state index in [1.807, 2.05) is 31.2 Å². The van der Waals surface area contributed by atoms with Crippen molar-refractivity contribution >= 4 is 16.8 Å². The van der Waals surface area contributed by atoms with E-state index in [1.165, 1.54) is 0 Å². The fourth-order valence-electron chi connectivity index (χ4n) is 1.91. The molecular formula is C12H15NO3S. The minimum absolute atomic E-state index is 0.133. The number of nitrogens with one attached hydrogen (secondary N) is 1. The number of rotatable bonds is 2. The molecule has 1 aliphatic rings. The lowest BCUT2D eigenvalue weighted by atomic mass is 10.1. The Morgan fingerprint density at radius 3 is 2.59 bits per heavy atom. The predicted octanol–water partition coefficient (Wildman–Crippen LogP) is 0.841. The number of aryl methyl sites for hydroxylation is 1. The molecule has 1 fully saturated rings. The summed E-state index contributed by atoms with van der Waals surface area (Å²) in [5, 5.41) is 12.0. The first kappa shape index (κ1) is 12.3. The molecule has 1 aliphatic heterocycles. The molecule has 0 bridgehead atoms. The molecule has 0 saturated carbocycles. The number of hydrogen-bond donors (Lipinski definition) is 2. The van der Waals surface area contributed by atoms with E-state index in [4.69, 9.17) is 5.11 Å². The molecule has 2 rings (SSSR count). The number of carbonyl (C=O) groups is 1. The Hall–Kier alpha value is -1.20. The summed E-state index contributed by atoms with van der Waals surface area (Å²) >= 11 is 0. The highest BCUT2D eigenvalue weighted by atomic mass is 32.2. The number of aliphatic carboxylic acids is 1. The van der Waals surface area contributed by atoms with Crippen LogP contribution in [-0.2, 0) is 15.6 Å². The number of benzene rings is 1. The van der Waals surface area contributed by atoms with E-state index in [0.717, 1.165) is 11.1 Å². The van der Waals surface area contributed by atoms with Gasteiger partial charge in [0.15, 0.2) is 0 Å². The Morgan fingerprint density at radius 2 is 2.00 bits per heavy atom. The molecule has 17 heavy (non-hydrogen) atoms. The van der Waals surface area contributed by atoms with E-state index in [9.17, 15) is 9.00 Å². The average molecular weight is 253 g/mol. The van der Waals surface area contributed by atoms with E-state index in [1.54, 1.807) is 0 Å². The van der Waals surface area contributed by atoms with Crippen molar-refractivity contribution in [2.75, 3.05) is 11.5 Å². The summed E-state index contributed by atoms with van der Waals surface area (Å²) in [7, 11) is -1.07. The molecule has 1 aromatic carbocycles. The first-order valence-corrected chi connectivity index (χ1v) is 6.95. The molecule has 3 atom stereocenters. The molecule has 0 aromatic heterocycles. The largest absolute Gasteiger partial charge is 0.480 e. The van der Waals surface area contributed by atoms with Crippen LogP contribution < -0.4 is 5.32 Å². The second kappa shape index (κ2) is 4.98. The van der Waals surface area contributed by atoms with Crippen LogP contribution in [0.5, 0.6) is 0 Å². The molecule has 0 radical (unpaired) electrons. The highest BCUT2D eigenvalue weighted by Crippen LogP contribution is 2.19. The van der Waals surface area contributed by atoms with Crippen LogP contribution in [0.4, 0.5) is 0 Å². The number of carboxylic acids is 1. The molecule has 2 N–H and O–H groups in total. The molecule has 1 heterocycles. The number of carboxylic acid groups (broad SMARTS) is 1. The SMILES string of the molecule is Cc1ccc(C2CS(=O)CC(C(=O)O)N2)cc1. The van der Waals surface area contributed by atoms with Crippen molar-refractivity contribution in [2.45, 2.75) is 19.0 Å². The van der Waals surface area contributed by atoms with Crippen LogP contribution in [0.15, 0.2) is 24.3 Å². The van der Waals surface area contributed by atoms with Gasteiger partial charge in [-0.1, -0.05) is 29.8 Å². The van der Waals surface area contributed by atoms with Gasteiger partial charge in [0.2, 0.25) is 0 Å². The van der Waals surface area contributed by atoms with Gasteiger partial charge in [0.05, 0.1) is 0 Å². The maximum Gasteiger partial charge on any atom is 0.321 e. The lowest BCUT2D eigenvalue weighted by Gasteiger charge is -2.28. The van der Waals surface area contributed by atoms with E-state index in [-0.39, 0.29) is 11.8 Å². The average Bonchev–Trinajstić information content (AvgIpc) is 2.29. The van der Waals surface area contributed by atoms with Gasteiger partial charge in [0.25, 0.3) is 0 Å². The fourth-order valence-corrected chi connectivity index (χ4v) is 3.32. The van der Waals surface area contributed by atoms with Gasteiger partial charge in [-0.25, -0.2) is 0 Å². The standard InChI is InChI=1S/C12H15NO3S/c1-8-2-4-9(5-3-8)10-6-17(16)7-11(13-10)12(14)15/h2-5,10-11,13H,6-7H2,1H3,(H,14,15). The van der Waals surface area contributed by atoms with E-state index in [2.05, 4.69) is 5.32 Å². The Kier molecular flexibility index (Phi) is 3.59. The summed E-state index contributed by atoms with van der Waals surface area (Å²) in [5.74, 6) is -0.264. The van der Waals surface area contributed by atoms with E-state index >= 15 is 0 Å². The second-order valence-corrected chi connectivity index (χ2v) is 5.84. The molecule has 92 valence electrons. The smallest absolute Gasteiger partial charge is 0.321 e. The molecule has 0 amide bonds. The lowest BCUT2D eigenvalue weighted by Crippen LogP contribution is -2.49. The van der Waals surface area contributed by atoms with Gasteiger partial charge in [-0.3, -0.25) is 14.3 Å². The van der Waals surface area contributed by atoms with Crippen molar-refractivity contribution in [2.24, 2.45) is 0 Å². The first-order chi connectivity index (χ1) is 8.06. The van der Waals surface area contributed by atoms with Gasteiger partial charge in [-0.05, 0) is 12.5 Å². The molecule has 4 nitrogen and oxygen atoms in total. The van der Waals surface area contributed by atoms with Gasteiger partial charge < -0.3 is 5.11 Å². The minimum atomic E-state index is -1.07. The maximum absolute atomic E-state index is 11.6. The molecule has 1 saturated heterocycles. The van der Waals surface area contributed by atoms with Crippen molar-refractivity contribution in [3.8, 4) is 0 Å². The Labute approximate surface area is 102 Å². The zero-order valence-electron chi connectivity index (χ0n) is 9.55. The van der Waals surface area contributed by atoms with Crippen molar-refractivity contribution in [3.63, 3.8) is 0 Å². The third kappa shape index (κ3) is 2.92. The summed E-state index contributed by atoms with van der Waals surface area (Å²) in [6, 6.07) is 7.01. The highest BCUT2D eigenvalue weighted by molar-refractivity contribution is 7.85. The summed E-state index contributed by atoms with van der Waals surface area (Å²) in [5.41, 5.74) is 2.15. The Morgan fingerprint density at radius 1 is 1.35 bits per heavy atom. The van der Waals surface area contributed by atoms with Crippen LogP contribution in [0.25, 0.3) is 0 Å². The molecular weight excluding hydrogens is 238 g/mol.